The number of nitrogens with zero attached hydrogens (tertiary/aromatic N) is 3. The summed E-state index contributed by atoms with van der Waals surface area (Å²) in [5, 5.41) is 0. The van der Waals surface area contributed by atoms with Gasteiger partial charge < -0.3 is 4.90 Å². The molecule has 3 nitrogen and oxygen atoms in total. The van der Waals surface area contributed by atoms with Gasteiger partial charge in [0.1, 0.15) is 0 Å². The van der Waals surface area contributed by atoms with Crippen LogP contribution < -0.4 is 0 Å². The van der Waals surface area contributed by atoms with Gasteiger partial charge in [-0.15, -0.1) is 0 Å². The van der Waals surface area contributed by atoms with Crippen LogP contribution in [-0.2, 0) is 12.0 Å². The Balaban J connectivity index is 1.56. The largest absolute Gasteiger partial charge is 0.301 e. The molecule has 2 fully saturated rings. The molecule has 2 aliphatic rings. The highest BCUT2D eigenvalue weighted by atomic mass is 15.3. The van der Waals surface area contributed by atoms with Crippen LogP contribution in [0.3, 0.4) is 0 Å². The maximum Gasteiger partial charge on any atom is 0.0318 e. The number of rotatable bonds is 3. The molecule has 1 aromatic carbocycles. The summed E-state index contributed by atoms with van der Waals surface area (Å²) in [6.07, 6.45) is 6.40. The van der Waals surface area contributed by atoms with Crippen molar-refractivity contribution in [2.75, 3.05) is 26.7 Å². The summed E-state index contributed by atoms with van der Waals surface area (Å²) in [7, 11) is 2.29. The third-order valence-electron chi connectivity index (χ3n) is 5.86. The lowest BCUT2D eigenvalue weighted by molar-refractivity contribution is 0.0916. The molecule has 0 saturated carbocycles. The fraction of sp³-hybridized carbons (Fsp3) is 0.450. The SMILES string of the molecule is CN1CC[C@]2(c3ccccc3)CCN(Cc3cccnc3)C[C@@H]12. The van der Waals surface area contributed by atoms with Gasteiger partial charge in [-0.05, 0) is 50.2 Å². The van der Waals surface area contributed by atoms with Gasteiger partial charge in [0, 0.05) is 36.9 Å². The van der Waals surface area contributed by atoms with E-state index in [0.717, 1.165) is 13.1 Å². The summed E-state index contributed by atoms with van der Waals surface area (Å²) in [4.78, 5) is 9.43. The Labute approximate surface area is 139 Å². The number of piperidine rings is 1. The maximum atomic E-state index is 4.26. The van der Waals surface area contributed by atoms with Gasteiger partial charge >= 0.3 is 0 Å². The summed E-state index contributed by atoms with van der Waals surface area (Å²) < 4.78 is 0. The topological polar surface area (TPSA) is 19.4 Å². The Bertz CT molecular complexity index is 642. The summed E-state index contributed by atoms with van der Waals surface area (Å²) in [5.41, 5.74) is 3.21. The molecule has 0 spiro atoms. The van der Waals surface area contributed by atoms with Crippen molar-refractivity contribution in [2.45, 2.75) is 30.8 Å². The molecule has 0 radical (unpaired) electrons. The van der Waals surface area contributed by atoms with E-state index < -0.39 is 0 Å². The van der Waals surface area contributed by atoms with E-state index in [4.69, 9.17) is 0 Å². The smallest absolute Gasteiger partial charge is 0.0318 e. The summed E-state index contributed by atoms with van der Waals surface area (Å²) in [6, 6.07) is 16.0. The fourth-order valence-electron chi connectivity index (χ4n) is 4.56. The third-order valence-corrected chi connectivity index (χ3v) is 5.86. The van der Waals surface area contributed by atoms with E-state index in [1.807, 2.05) is 18.5 Å². The van der Waals surface area contributed by atoms with Crippen molar-refractivity contribution in [1.82, 2.24) is 14.8 Å². The maximum absolute atomic E-state index is 4.26. The molecule has 2 aromatic rings. The van der Waals surface area contributed by atoms with Gasteiger partial charge in [0.25, 0.3) is 0 Å². The average molecular weight is 307 g/mol. The number of hydrogen-bond acceptors (Lipinski definition) is 3. The first-order valence-electron chi connectivity index (χ1n) is 8.65. The highest BCUT2D eigenvalue weighted by Gasteiger charge is 2.49. The second-order valence-electron chi connectivity index (χ2n) is 7.11. The number of fused-ring (bicyclic) bond motifs is 1. The molecule has 0 N–H and O–H groups in total. The van der Waals surface area contributed by atoms with Crippen molar-refractivity contribution in [3.05, 3.63) is 66.0 Å². The van der Waals surface area contributed by atoms with Crippen LogP contribution in [0.5, 0.6) is 0 Å². The molecule has 2 aliphatic heterocycles. The van der Waals surface area contributed by atoms with Crippen LogP contribution in [0.2, 0.25) is 0 Å². The van der Waals surface area contributed by atoms with Gasteiger partial charge in [-0.2, -0.15) is 0 Å². The monoisotopic (exact) mass is 307 g/mol. The van der Waals surface area contributed by atoms with Crippen LogP contribution in [0.15, 0.2) is 54.9 Å². The van der Waals surface area contributed by atoms with Gasteiger partial charge in [-0.1, -0.05) is 36.4 Å². The minimum atomic E-state index is 0.349. The lowest BCUT2D eigenvalue weighted by atomic mass is 9.69. The van der Waals surface area contributed by atoms with Crippen molar-refractivity contribution in [3.63, 3.8) is 0 Å². The van der Waals surface area contributed by atoms with E-state index in [1.165, 1.54) is 37.1 Å². The molecular weight excluding hydrogens is 282 g/mol. The molecule has 120 valence electrons. The standard InChI is InChI=1S/C20H25N3/c1-22-12-9-20(18-7-3-2-4-8-18)10-13-23(16-19(20)22)15-17-6-5-11-21-14-17/h2-8,11,14,19H,9-10,12-13,15-16H2,1H3/t19-,20-/m1/s1. The van der Waals surface area contributed by atoms with E-state index in [2.05, 4.69) is 58.2 Å². The molecule has 2 saturated heterocycles. The summed E-state index contributed by atoms with van der Waals surface area (Å²) >= 11 is 0. The second kappa shape index (κ2) is 6.06. The van der Waals surface area contributed by atoms with Gasteiger partial charge in [0.05, 0.1) is 0 Å². The van der Waals surface area contributed by atoms with Crippen LogP contribution in [0.1, 0.15) is 24.0 Å². The number of aromatic nitrogens is 1. The van der Waals surface area contributed by atoms with Crippen molar-refractivity contribution in [2.24, 2.45) is 0 Å². The molecule has 0 bridgehead atoms. The van der Waals surface area contributed by atoms with Crippen LogP contribution in [0.4, 0.5) is 0 Å². The normalized spacial score (nSPS) is 28.7. The van der Waals surface area contributed by atoms with Crippen LogP contribution in [0.25, 0.3) is 0 Å². The molecule has 1 aromatic heterocycles. The van der Waals surface area contributed by atoms with Crippen molar-refractivity contribution < 1.29 is 0 Å². The number of hydrogen-bond donors (Lipinski definition) is 0. The minimum absolute atomic E-state index is 0.349. The molecule has 3 heteroatoms. The van der Waals surface area contributed by atoms with E-state index in [-0.39, 0.29) is 0 Å². The van der Waals surface area contributed by atoms with Crippen molar-refractivity contribution >= 4 is 0 Å². The Morgan fingerprint density at radius 1 is 1.09 bits per heavy atom. The Morgan fingerprint density at radius 3 is 2.70 bits per heavy atom. The van der Waals surface area contributed by atoms with Gasteiger partial charge in [-0.25, -0.2) is 0 Å². The highest BCUT2D eigenvalue weighted by Crippen LogP contribution is 2.45. The minimum Gasteiger partial charge on any atom is -0.301 e. The molecular formula is C20H25N3. The van der Waals surface area contributed by atoms with Crippen molar-refractivity contribution in [1.29, 1.82) is 0 Å². The van der Waals surface area contributed by atoms with E-state index in [0.29, 0.717) is 11.5 Å². The third kappa shape index (κ3) is 2.68. The van der Waals surface area contributed by atoms with E-state index >= 15 is 0 Å². The van der Waals surface area contributed by atoms with E-state index in [1.54, 1.807) is 0 Å². The second-order valence-corrected chi connectivity index (χ2v) is 7.11. The quantitative estimate of drug-likeness (QED) is 0.869. The Hall–Kier alpha value is -1.71. The Morgan fingerprint density at radius 2 is 1.91 bits per heavy atom. The molecule has 4 rings (SSSR count). The zero-order valence-corrected chi connectivity index (χ0v) is 13.9. The fourth-order valence-corrected chi connectivity index (χ4v) is 4.56. The van der Waals surface area contributed by atoms with E-state index in [9.17, 15) is 0 Å². The Kier molecular flexibility index (Phi) is 3.92. The lowest BCUT2D eigenvalue weighted by Gasteiger charge is -2.46. The number of likely N-dealkylation sites (N-methyl/N-ethyl adjacent to an activating group) is 1. The zero-order valence-electron chi connectivity index (χ0n) is 13.9. The van der Waals surface area contributed by atoms with Gasteiger partial charge in [-0.3, -0.25) is 9.88 Å². The van der Waals surface area contributed by atoms with Crippen molar-refractivity contribution in [3.8, 4) is 0 Å². The summed E-state index contributed by atoms with van der Waals surface area (Å²) in [5.74, 6) is 0. The molecule has 0 amide bonds. The van der Waals surface area contributed by atoms with Gasteiger partial charge in [0.2, 0.25) is 0 Å². The first-order chi connectivity index (χ1) is 11.3. The predicted octanol–water partition coefficient (Wildman–Crippen LogP) is 2.93. The molecule has 2 atom stereocenters. The highest BCUT2D eigenvalue weighted by molar-refractivity contribution is 5.31. The molecule has 23 heavy (non-hydrogen) atoms. The molecule has 0 aliphatic carbocycles. The first kappa shape index (κ1) is 14.9. The predicted molar refractivity (Wildman–Crippen MR) is 93.3 cm³/mol. The number of pyridine rings is 1. The molecule has 3 heterocycles. The van der Waals surface area contributed by atoms with Crippen LogP contribution >= 0.6 is 0 Å². The lowest BCUT2D eigenvalue weighted by Crippen LogP contribution is -2.54. The zero-order chi connectivity index (χ0) is 15.7. The summed E-state index contributed by atoms with van der Waals surface area (Å²) in [6.45, 7) is 4.55. The van der Waals surface area contributed by atoms with Gasteiger partial charge in [0.15, 0.2) is 0 Å². The first-order valence-corrected chi connectivity index (χ1v) is 8.65. The number of likely N-dealkylation sites (tertiary alicyclic amines) is 2. The van der Waals surface area contributed by atoms with Crippen LogP contribution in [0, 0.1) is 0 Å². The number of benzene rings is 1. The molecule has 0 unspecified atom stereocenters. The van der Waals surface area contributed by atoms with Crippen LogP contribution in [-0.4, -0.2) is 47.5 Å². The average Bonchev–Trinajstić information content (AvgIpc) is 2.95.